The van der Waals surface area contributed by atoms with Crippen LogP contribution in [0.4, 0.5) is 0 Å². The van der Waals surface area contributed by atoms with Gasteiger partial charge in [0.1, 0.15) is 17.2 Å². The third-order valence-corrected chi connectivity index (χ3v) is 4.93. The first-order valence-electron chi connectivity index (χ1n) is 8.51. The molecule has 0 aliphatic carbocycles. The molecule has 24 heavy (non-hydrogen) atoms. The fraction of sp³-hybridized carbons (Fsp3) is 0.667. The van der Waals surface area contributed by atoms with Crippen LogP contribution in [0.5, 0.6) is 17.2 Å². The van der Waals surface area contributed by atoms with Crippen LogP contribution in [0, 0.1) is 0 Å². The van der Waals surface area contributed by atoms with E-state index in [1.54, 1.807) is 0 Å². The normalized spacial score (nSPS) is 10.6. The Morgan fingerprint density at radius 2 is 0.792 bits per heavy atom. The van der Waals surface area contributed by atoms with Crippen molar-refractivity contribution in [3.05, 3.63) is 18.2 Å². The van der Waals surface area contributed by atoms with Crippen LogP contribution in [0.1, 0.15) is 38.5 Å². The molecule has 1 rings (SSSR count). The average molecular weight is 531 g/mol. The number of rotatable bonds is 15. The number of hydrogen-bond donors (Lipinski definition) is 0. The summed E-state index contributed by atoms with van der Waals surface area (Å²) in [6.07, 6.45) is 6.42. The van der Waals surface area contributed by atoms with Gasteiger partial charge in [-0.1, -0.05) is 47.8 Å². The molecule has 0 heterocycles. The van der Waals surface area contributed by atoms with Crippen LogP contribution in [-0.4, -0.2) is 35.8 Å². The molecule has 0 saturated carbocycles. The van der Waals surface area contributed by atoms with Crippen LogP contribution in [0.2, 0.25) is 0 Å². The highest BCUT2D eigenvalue weighted by molar-refractivity contribution is 9.09. The van der Waals surface area contributed by atoms with Crippen molar-refractivity contribution < 1.29 is 14.2 Å². The minimum absolute atomic E-state index is 0.710. The van der Waals surface area contributed by atoms with E-state index in [1.165, 1.54) is 0 Å². The number of alkyl halides is 3. The Labute approximate surface area is 171 Å². The molecule has 1 aromatic carbocycles. The summed E-state index contributed by atoms with van der Waals surface area (Å²) in [6.45, 7) is 2.13. The fourth-order valence-corrected chi connectivity index (χ4v) is 3.14. The molecule has 0 bridgehead atoms. The first-order valence-corrected chi connectivity index (χ1v) is 11.9. The Morgan fingerprint density at radius 1 is 0.500 bits per heavy atom. The van der Waals surface area contributed by atoms with Crippen molar-refractivity contribution >= 4 is 47.8 Å². The van der Waals surface area contributed by atoms with Gasteiger partial charge in [0, 0.05) is 34.2 Å². The van der Waals surface area contributed by atoms with E-state index in [0.717, 1.165) is 71.8 Å². The molecule has 1 aromatic rings. The molecule has 0 unspecified atom stereocenters. The van der Waals surface area contributed by atoms with Crippen molar-refractivity contribution in [2.24, 2.45) is 0 Å². The van der Waals surface area contributed by atoms with Crippen molar-refractivity contribution in [2.75, 3.05) is 35.8 Å². The van der Waals surface area contributed by atoms with Crippen LogP contribution in [-0.2, 0) is 0 Å². The smallest absolute Gasteiger partial charge is 0.126 e. The summed E-state index contributed by atoms with van der Waals surface area (Å²) in [4.78, 5) is 0. The van der Waals surface area contributed by atoms with Gasteiger partial charge in [-0.25, -0.2) is 0 Å². The third kappa shape index (κ3) is 10.8. The summed E-state index contributed by atoms with van der Waals surface area (Å²) in [5, 5.41) is 3.03. The zero-order valence-corrected chi connectivity index (χ0v) is 18.8. The second-order valence-electron chi connectivity index (χ2n) is 5.37. The maximum absolute atomic E-state index is 5.85. The summed E-state index contributed by atoms with van der Waals surface area (Å²) in [7, 11) is 0. The summed E-state index contributed by atoms with van der Waals surface area (Å²) in [6, 6.07) is 5.86. The summed E-state index contributed by atoms with van der Waals surface area (Å²) in [5.74, 6) is 2.45. The minimum atomic E-state index is 0.710. The molecule has 0 fully saturated rings. The van der Waals surface area contributed by atoms with Gasteiger partial charge < -0.3 is 14.2 Å². The average Bonchev–Trinajstić information content (AvgIpc) is 2.59. The number of unbranched alkanes of at least 4 members (excludes halogenated alkanes) is 3. The number of hydrogen-bond acceptors (Lipinski definition) is 3. The maximum Gasteiger partial charge on any atom is 0.126 e. The molecular weight excluding hydrogens is 504 g/mol. The quantitative estimate of drug-likeness (QED) is 0.195. The van der Waals surface area contributed by atoms with Gasteiger partial charge in [0.2, 0.25) is 0 Å². The lowest BCUT2D eigenvalue weighted by atomic mass is 10.3. The molecule has 0 spiro atoms. The lowest BCUT2D eigenvalue weighted by Crippen LogP contribution is -2.02. The Bertz CT molecular complexity index is 356. The Kier molecular flexibility index (Phi) is 14.1. The largest absolute Gasteiger partial charge is 0.493 e. The van der Waals surface area contributed by atoms with E-state index in [-0.39, 0.29) is 0 Å². The van der Waals surface area contributed by atoms with Crippen LogP contribution < -0.4 is 14.2 Å². The summed E-state index contributed by atoms with van der Waals surface area (Å²) < 4.78 is 17.5. The predicted octanol–water partition coefficient (Wildman–Crippen LogP) is 6.35. The summed E-state index contributed by atoms with van der Waals surface area (Å²) >= 11 is 10.3. The van der Waals surface area contributed by atoms with Crippen molar-refractivity contribution in [1.82, 2.24) is 0 Å². The first-order chi connectivity index (χ1) is 11.8. The standard InChI is InChI=1S/C18H27Br3O3/c19-7-1-4-10-22-16-13-17(23-11-5-2-8-20)15-18(14-16)24-12-6-3-9-21/h13-15H,1-12H2. The van der Waals surface area contributed by atoms with Gasteiger partial charge >= 0.3 is 0 Å². The maximum atomic E-state index is 5.85. The van der Waals surface area contributed by atoms with Crippen LogP contribution in [0.25, 0.3) is 0 Å². The second kappa shape index (κ2) is 15.3. The zero-order chi connectivity index (χ0) is 17.5. The molecule has 3 nitrogen and oxygen atoms in total. The lowest BCUT2D eigenvalue weighted by Gasteiger charge is -2.13. The molecule has 0 radical (unpaired) electrons. The van der Waals surface area contributed by atoms with Crippen molar-refractivity contribution in [3.8, 4) is 17.2 Å². The summed E-state index contributed by atoms with van der Waals surface area (Å²) in [5.41, 5.74) is 0. The van der Waals surface area contributed by atoms with Gasteiger partial charge in [0.15, 0.2) is 0 Å². The molecule has 0 aliphatic rings. The van der Waals surface area contributed by atoms with Gasteiger partial charge in [0.25, 0.3) is 0 Å². The van der Waals surface area contributed by atoms with Gasteiger partial charge in [-0.05, 0) is 38.5 Å². The Balaban J connectivity index is 2.58. The van der Waals surface area contributed by atoms with Gasteiger partial charge in [-0.3, -0.25) is 0 Å². The van der Waals surface area contributed by atoms with E-state index in [2.05, 4.69) is 47.8 Å². The molecule has 0 N–H and O–H groups in total. The highest BCUT2D eigenvalue weighted by Crippen LogP contribution is 2.28. The van der Waals surface area contributed by atoms with E-state index >= 15 is 0 Å². The number of ether oxygens (including phenoxy) is 3. The molecule has 6 heteroatoms. The monoisotopic (exact) mass is 528 g/mol. The molecule has 0 aromatic heterocycles. The minimum Gasteiger partial charge on any atom is -0.493 e. The Hall–Kier alpha value is 0.0600. The van der Waals surface area contributed by atoms with Crippen molar-refractivity contribution in [3.63, 3.8) is 0 Å². The predicted molar refractivity (Wildman–Crippen MR) is 112 cm³/mol. The van der Waals surface area contributed by atoms with E-state index in [9.17, 15) is 0 Å². The molecule has 0 amide bonds. The SMILES string of the molecule is BrCCCCOc1cc(OCCCCBr)cc(OCCCCBr)c1. The van der Waals surface area contributed by atoms with Crippen LogP contribution in [0.15, 0.2) is 18.2 Å². The van der Waals surface area contributed by atoms with E-state index < -0.39 is 0 Å². The fourth-order valence-electron chi connectivity index (χ4n) is 1.96. The number of halogens is 3. The van der Waals surface area contributed by atoms with E-state index in [0.29, 0.717) is 19.8 Å². The molecule has 0 atom stereocenters. The van der Waals surface area contributed by atoms with Crippen LogP contribution >= 0.6 is 47.8 Å². The topological polar surface area (TPSA) is 27.7 Å². The van der Waals surface area contributed by atoms with Crippen LogP contribution in [0.3, 0.4) is 0 Å². The second-order valence-corrected chi connectivity index (χ2v) is 7.75. The first kappa shape index (κ1) is 22.1. The van der Waals surface area contributed by atoms with Gasteiger partial charge in [-0.15, -0.1) is 0 Å². The molecule has 138 valence electrons. The van der Waals surface area contributed by atoms with E-state index in [4.69, 9.17) is 14.2 Å². The van der Waals surface area contributed by atoms with Gasteiger partial charge in [0.05, 0.1) is 19.8 Å². The van der Waals surface area contributed by atoms with Gasteiger partial charge in [-0.2, -0.15) is 0 Å². The zero-order valence-electron chi connectivity index (χ0n) is 14.1. The van der Waals surface area contributed by atoms with E-state index in [1.807, 2.05) is 18.2 Å². The highest BCUT2D eigenvalue weighted by atomic mass is 79.9. The number of benzene rings is 1. The molecule has 0 aliphatic heterocycles. The Morgan fingerprint density at radius 3 is 1.04 bits per heavy atom. The molecular formula is C18H27Br3O3. The van der Waals surface area contributed by atoms with Crippen molar-refractivity contribution in [2.45, 2.75) is 38.5 Å². The lowest BCUT2D eigenvalue weighted by molar-refractivity contribution is 0.280. The van der Waals surface area contributed by atoms with Crippen molar-refractivity contribution in [1.29, 1.82) is 0 Å². The highest BCUT2D eigenvalue weighted by Gasteiger charge is 2.05. The molecule has 0 saturated heterocycles. The third-order valence-electron chi connectivity index (χ3n) is 3.24.